The van der Waals surface area contributed by atoms with Crippen molar-refractivity contribution >= 4 is 23.3 Å². The van der Waals surface area contributed by atoms with Gasteiger partial charge in [-0.05, 0) is 70.0 Å². The molecule has 43 heavy (non-hydrogen) atoms. The summed E-state index contributed by atoms with van der Waals surface area (Å²) in [6.07, 6.45) is 1.77. The Hall–Kier alpha value is -4.12. The number of carbonyl (C=O) groups is 1. The first kappa shape index (κ1) is 29.0. The number of carbonyl (C=O) groups excluding carboxylic acids is 1. The number of benzene rings is 2. The van der Waals surface area contributed by atoms with Gasteiger partial charge in [0.05, 0.1) is 11.4 Å². The van der Waals surface area contributed by atoms with Crippen LogP contribution in [0.1, 0.15) is 39.2 Å². The quantitative estimate of drug-likeness (QED) is 0.445. The predicted octanol–water partition coefficient (Wildman–Crippen LogP) is 4.48. The molecule has 2 bridgehead atoms. The number of nitrogens with two attached hydrogens (primary N) is 1. The summed E-state index contributed by atoms with van der Waals surface area (Å²) in [6, 6.07) is 14.9. The molecule has 0 spiro atoms. The third kappa shape index (κ3) is 6.17. The predicted molar refractivity (Wildman–Crippen MR) is 165 cm³/mol. The highest BCUT2D eigenvalue weighted by molar-refractivity contribution is 5.74. The third-order valence-corrected chi connectivity index (χ3v) is 8.55. The van der Waals surface area contributed by atoms with E-state index in [1.807, 2.05) is 51.1 Å². The molecule has 3 fully saturated rings. The number of aromatic hydroxyl groups is 1. The highest BCUT2D eigenvalue weighted by Crippen LogP contribution is 2.39. The van der Waals surface area contributed by atoms with Crippen LogP contribution in [-0.2, 0) is 11.3 Å². The first-order valence-electron chi connectivity index (χ1n) is 15.0. The summed E-state index contributed by atoms with van der Waals surface area (Å²) in [5, 5.41) is 18.8. The molecule has 2 aromatic carbocycles. The van der Waals surface area contributed by atoms with Gasteiger partial charge >= 0.3 is 6.09 Å². The minimum atomic E-state index is -0.528. The van der Waals surface area contributed by atoms with E-state index in [9.17, 15) is 9.90 Å². The second kappa shape index (κ2) is 11.5. The number of halogens is 1. The van der Waals surface area contributed by atoms with Gasteiger partial charge in [-0.15, -0.1) is 10.2 Å². The first-order valence-corrected chi connectivity index (χ1v) is 15.0. The van der Waals surface area contributed by atoms with E-state index in [4.69, 9.17) is 10.5 Å². The zero-order chi connectivity index (χ0) is 30.3. The van der Waals surface area contributed by atoms with E-state index < -0.39 is 5.60 Å². The van der Waals surface area contributed by atoms with Gasteiger partial charge in [0.1, 0.15) is 17.2 Å². The van der Waals surface area contributed by atoms with Crippen LogP contribution >= 0.6 is 0 Å². The lowest BCUT2D eigenvalue weighted by Crippen LogP contribution is -2.54. The number of hydrogen-bond acceptors (Lipinski definition) is 9. The van der Waals surface area contributed by atoms with E-state index in [1.165, 1.54) is 0 Å². The van der Waals surface area contributed by atoms with E-state index in [-0.39, 0.29) is 29.7 Å². The number of nitrogen functional groups attached to an aromatic ring is 1. The molecule has 228 valence electrons. The Morgan fingerprint density at radius 3 is 2.40 bits per heavy atom. The molecular formula is C32H40FN7O3. The van der Waals surface area contributed by atoms with Crippen molar-refractivity contribution in [2.45, 2.75) is 57.8 Å². The maximum absolute atomic E-state index is 15.0. The number of fused-ring (bicyclic) bond motifs is 2. The Balaban J connectivity index is 1.13. The van der Waals surface area contributed by atoms with E-state index in [1.54, 1.807) is 23.1 Å². The fourth-order valence-corrected chi connectivity index (χ4v) is 6.49. The number of hydrogen-bond donors (Lipinski definition) is 2. The van der Waals surface area contributed by atoms with Crippen molar-refractivity contribution in [2.75, 3.05) is 54.8 Å². The van der Waals surface area contributed by atoms with Gasteiger partial charge in [-0.25, -0.2) is 9.18 Å². The number of amides is 1. The number of ether oxygens (including phenoxy) is 1. The average Bonchev–Trinajstić information content (AvgIpc) is 3.23. The molecular weight excluding hydrogens is 549 g/mol. The maximum Gasteiger partial charge on any atom is 0.410 e. The number of piperazine rings is 2. The molecule has 10 nitrogen and oxygen atoms in total. The number of anilines is 3. The molecule has 3 saturated heterocycles. The molecule has 0 saturated carbocycles. The van der Waals surface area contributed by atoms with E-state index >= 15 is 4.39 Å². The fraction of sp³-hybridized carbons (Fsp3) is 0.469. The largest absolute Gasteiger partial charge is 0.507 e. The van der Waals surface area contributed by atoms with Crippen LogP contribution in [0.4, 0.5) is 26.4 Å². The van der Waals surface area contributed by atoms with E-state index in [0.29, 0.717) is 55.4 Å². The van der Waals surface area contributed by atoms with Crippen molar-refractivity contribution in [3.63, 3.8) is 0 Å². The molecule has 2 atom stereocenters. The molecule has 4 heterocycles. The maximum atomic E-state index is 15.0. The molecule has 3 aromatic rings. The number of phenols is 1. The van der Waals surface area contributed by atoms with E-state index in [0.717, 1.165) is 37.3 Å². The normalized spacial score (nSPS) is 20.9. The van der Waals surface area contributed by atoms with Crippen molar-refractivity contribution in [3.05, 3.63) is 59.9 Å². The van der Waals surface area contributed by atoms with Gasteiger partial charge in [-0.1, -0.05) is 12.1 Å². The standard InChI is InChI=1S/C32H40FN7O3/c1-32(2,3)43-31(42)38-14-12-37(13-15-38)18-21-16-22(10-11-26(21)33)40-23-8-9-24(40)20-39(19-23)28-17-27(35-36-30(28)34)25-6-4-5-7-29(25)41/h4-7,10-11,16-17,23-24,41H,8-9,12-15,18-20H2,1-3H3,(H2,34,36). The van der Waals surface area contributed by atoms with Gasteiger partial charge in [0, 0.05) is 74.7 Å². The zero-order valence-electron chi connectivity index (χ0n) is 25.0. The lowest BCUT2D eigenvalue weighted by molar-refractivity contribution is 0.0138. The van der Waals surface area contributed by atoms with Crippen LogP contribution < -0.4 is 15.5 Å². The summed E-state index contributed by atoms with van der Waals surface area (Å²) in [6.45, 7) is 10.0. The summed E-state index contributed by atoms with van der Waals surface area (Å²) < 4.78 is 20.6. The second-order valence-corrected chi connectivity index (χ2v) is 12.7. The molecule has 1 amide bonds. The Kier molecular flexibility index (Phi) is 7.76. The number of rotatable bonds is 5. The fourth-order valence-electron chi connectivity index (χ4n) is 6.49. The van der Waals surface area contributed by atoms with Crippen molar-refractivity contribution in [1.82, 2.24) is 20.0 Å². The number of nitrogens with zero attached hydrogens (tertiary/aromatic N) is 6. The molecule has 6 rings (SSSR count). The van der Waals surface area contributed by atoms with Crippen LogP contribution in [0.25, 0.3) is 11.3 Å². The number of aromatic nitrogens is 2. The van der Waals surface area contributed by atoms with Crippen molar-refractivity contribution < 1.29 is 19.0 Å². The highest BCUT2D eigenvalue weighted by atomic mass is 19.1. The third-order valence-electron chi connectivity index (χ3n) is 8.55. The molecule has 3 aliphatic heterocycles. The summed E-state index contributed by atoms with van der Waals surface area (Å²) in [5.41, 5.74) is 9.48. The molecule has 3 aliphatic rings. The summed E-state index contributed by atoms with van der Waals surface area (Å²) in [7, 11) is 0. The van der Waals surface area contributed by atoms with Gasteiger partial charge in [-0.3, -0.25) is 4.90 Å². The summed E-state index contributed by atoms with van der Waals surface area (Å²) in [5.74, 6) is 0.300. The summed E-state index contributed by atoms with van der Waals surface area (Å²) >= 11 is 0. The molecule has 11 heteroatoms. The Bertz CT molecular complexity index is 1470. The number of phenolic OH excluding ortho intramolecular Hbond substituents is 1. The first-order chi connectivity index (χ1) is 20.6. The lowest BCUT2D eigenvalue weighted by atomic mass is 10.1. The van der Waals surface area contributed by atoms with Gasteiger partial charge in [0.2, 0.25) is 0 Å². The van der Waals surface area contributed by atoms with Gasteiger partial charge in [0.15, 0.2) is 5.82 Å². The SMILES string of the molecule is CC(C)(C)OC(=O)N1CCN(Cc2cc(N3C4CCC3CN(c3cc(-c5ccccc5O)nnc3N)C4)ccc2F)CC1. The van der Waals surface area contributed by atoms with Crippen LogP contribution in [0.2, 0.25) is 0 Å². The minimum Gasteiger partial charge on any atom is -0.507 e. The topological polar surface area (TPSA) is 111 Å². The number of para-hydroxylation sites is 1. The van der Waals surface area contributed by atoms with Gasteiger partial charge < -0.3 is 30.3 Å². The van der Waals surface area contributed by atoms with Crippen molar-refractivity contribution in [2.24, 2.45) is 0 Å². The van der Waals surface area contributed by atoms with Crippen molar-refractivity contribution in [1.29, 1.82) is 0 Å². The van der Waals surface area contributed by atoms with Gasteiger partial charge in [-0.2, -0.15) is 0 Å². The summed E-state index contributed by atoms with van der Waals surface area (Å²) in [4.78, 5) is 21.1. The van der Waals surface area contributed by atoms with Crippen LogP contribution in [-0.4, -0.2) is 88.2 Å². The molecule has 2 unspecified atom stereocenters. The molecule has 0 aliphatic carbocycles. The smallest absolute Gasteiger partial charge is 0.410 e. The monoisotopic (exact) mass is 589 g/mol. The molecule has 0 radical (unpaired) electrons. The van der Waals surface area contributed by atoms with Gasteiger partial charge in [0.25, 0.3) is 0 Å². The molecule has 3 N–H and O–H groups in total. The van der Waals surface area contributed by atoms with E-state index in [2.05, 4.69) is 24.9 Å². The van der Waals surface area contributed by atoms with Crippen LogP contribution in [0.5, 0.6) is 5.75 Å². The highest BCUT2D eigenvalue weighted by Gasteiger charge is 2.41. The second-order valence-electron chi connectivity index (χ2n) is 12.7. The Morgan fingerprint density at radius 1 is 1.02 bits per heavy atom. The van der Waals surface area contributed by atoms with Crippen molar-refractivity contribution in [3.8, 4) is 17.0 Å². The minimum absolute atomic E-state index is 0.148. The van der Waals surface area contributed by atoms with Crippen LogP contribution in [0, 0.1) is 5.82 Å². The Labute approximate surface area is 251 Å². The average molecular weight is 590 g/mol. The lowest BCUT2D eigenvalue weighted by Gasteiger charge is -2.43. The molecule has 1 aromatic heterocycles. The van der Waals surface area contributed by atoms with Crippen LogP contribution in [0.15, 0.2) is 48.5 Å². The zero-order valence-corrected chi connectivity index (χ0v) is 25.0. The van der Waals surface area contributed by atoms with Crippen LogP contribution in [0.3, 0.4) is 0 Å². The Morgan fingerprint density at radius 2 is 1.72 bits per heavy atom.